The third kappa shape index (κ3) is 5.77. The Bertz CT molecular complexity index is 1200. The molecule has 1 atom stereocenters. The lowest BCUT2D eigenvalue weighted by atomic mass is 10.1. The van der Waals surface area contributed by atoms with Crippen molar-refractivity contribution in [3.8, 4) is 0 Å². The minimum absolute atomic E-state index is 0.104. The van der Waals surface area contributed by atoms with Gasteiger partial charge in [-0.2, -0.15) is 0 Å². The molecule has 0 aliphatic heterocycles. The Labute approximate surface area is 186 Å². The first-order chi connectivity index (χ1) is 15.2. The van der Waals surface area contributed by atoms with E-state index in [1.54, 1.807) is 24.3 Å². The van der Waals surface area contributed by atoms with Crippen LogP contribution in [-0.2, 0) is 14.8 Å². The molecule has 3 aromatic carbocycles. The lowest BCUT2D eigenvalue weighted by Crippen LogP contribution is -2.30. The number of carbonyl (C=O) groups is 1. The number of hydrogen-bond donors (Lipinski definition) is 1. The highest BCUT2D eigenvalue weighted by molar-refractivity contribution is 7.89. The molecule has 0 saturated heterocycles. The molecule has 0 aromatic heterocycles. The van der Waals surface area contributed by atoms with Gasteiger partial charge in [-0.25, -0.2) is 17.9 Å². The number of benzene rings is 3. The van der Waals surface area contributed by atoms with Crippen LogP contribution in [0, 0.1) is 24.0 Å². The Kier molecular flexibility index (Phi) is 7.01. The molecule has 3 aromatic rings. The molecule has 0 heterocycles. The van der Waals surface area contributed by atoms with E-state index in [4.69, 9.17) is 4.74 Å². The van der Waals surface area contributed by atoms with Crippen LogP contribution >= 0.6 is 0 Å². The second-order valence-corrected chi connectivity index (χ2v) is 9.04. The molecule has 1 unspecified atom stereocenters. The smallest absolute Gasteiger partial charge is 0.338 e. The van der Waals surface area contributed by atoms with Crippen molar-refractivity contribution in [3.63, 3.8) is 0 Å². The van der Waals surface area contributed by atoms with Crippen molar-refractivity contribution in [1.82, 2.24) is 4.72 Å². The normalized spacial score (nSPS) is 12.2. The summed E-state index contributed by atoms with van der Waals surface area (Å²) in [7, 11) is -3.82. The zero-order chi connectivity index (χ0) is 23.3. The topological polar surface area (TPSA) is 116 Å². The molecule has 166 valence electrons. The Balaban J connectivity index is 1.80. The molecule has 0 aliphatic carbocycles. The number of nitro groups is 1. The number of nitro benzene ring substituents is 1. The van der Waals surface area contributed by atoms with Gasteiger partial charge in [0.1, 0.15) is 6.10 Å². The SMILES string of the molecule is Cc1ccc(C(CNS(=O)(=O)c2ccc(C)cc2)OC(=O)c2ccc([N+](=O)[O-])cc2)cc1. The molecule has 1 N–H and O–H groups in total. The fraction of sp³-hybridized carbons (Fsp3) is 0.174. The highest BCUT2D eigenvalue weighted by atomic mass is 32.2. The van der Waals surface area contributed by atoms with Crippen LogP contribution in [0.3, 0.4) is 0 Å². The quantitative estimate of drug-likeness (QED) is 0.311. The van der Waals surface area contributed by atoms with E-state index in [0.717, 1.165) is 11.1 Å². The summed E-state index contributed by atoms with van der Waals surface area (Å²) in [5.41, 5.74) is 2.50. The first kappa shape index (κ1) is 23.1. The van der Waals surface area contributed by atoms with Gasteiger partial charge in [0.2, 0.25) is 10.0 Å². The van der Waals surface area contributed by atoms with Gasteiger partial charge in [0.15, 0.2) is 0 Å². The number of hydrogen-bond acceptors (Lipinski definition) is 6. The minimum Gasteiger partial charge on any atom is -0.452 e. The summed E-state index contributed by atoms with van der Waals surface area (Å²) >= 11 is 0. The number of sulfonamides is 1. The van der Waals surface area contributed by atoms with Crippen molar-refractivity contribution in [3.05, 3.63) is 105 Å². The molecule has 0 radical (unpaired) electrons. The number of aryl methyl sites for hydroxylation is 2. The molecule has 32 heavy (non-hydrogen) atoms. The van der Waals surface area contributed by atoms with Gasteiger partial charge in [-0.3, -0.25) is 10.1 Å². The van der Waals surface area contributed by atoms with Crippen LogP contribution in [0.15, 0.2) is 77.7 Å². The predicted molar refractivity (Wildman–Crippen MR) is 119 cm³/mol. The highest BCUT2D eigenvalue weighted by Gasteiger charge is 2.22. The van der Waals surface area contributed by atoms with Gasteiger partial charge >= 0.3 is 5.97 Å². The standard InChI is InChI=1S/C23H22N2O6S/c1-16-3-7-18(8-4-16)22(15-24-32(29,30)21-13-5-17(2)6-14-21)31-23(26)19-9-11-20(12-10-19)25(27)28/h3-14,22,24H,15H2,1-2H3. The van der Waals surface area contributed by atoms with Gasteiger partial charge in [-0.05, 0) is 43.7 Å². The van der Waals surface area contributed by atoms with Gasteiger partial charge in [0.05, 0.1) is 21.9 Å². The molecule has 0 spiro atoms. The summed E-state index contributed by atoms with van der Waals surface area (Å²) in [4.78, 5) is 23.0. The van der Waals surface area contributed by atoms with Crippen LogP contribution in [0.5, 0.6) is 0 Å². The fourth-order valence-corrected chi connectivity index (χ4v) is 3.94. The van der Waals surface area contributed by atoms with Crippen molar-refractivity contribution in [2.75, 3.05) is 6.54 Å². The lowest BCUT2D eigenvalue weighted by molar-refractivity contribution is -0.384. The van der Waals surface area contributed by atoms with Gasteiger partial charge in [-0.1, -0.05) is 47.5 Å². The average molecular weight is 455 g/mol. The highest BCUT2D eigenvalue weighted by Crippen LogP contribution is 2.22. The molecule has 8 nitrogen and oxygen atoms in total. The molecule has 3 rings (SSSR count). The largest absolute Gasteiger partial charge is 0.452 e. The molecule has 0 fully saturated rings. The molecule has 0 saturated carbocycles. The molecule has 0 amide bonds. The number of nitrogens with zero attached hydrogens (tertiary/aromatic N) is 1. The monoisotopic (exact) mass is 454 g/mol. The summed E-state index contributed by atoms with van der Waals surface area (Å²) in [6.07, 6.45) is -0.904. The number of ether oxygens (including phenoxy) is 1. The average Bonchev–Trinajstić information content (AvgIpc) is 2.77. The fourth-order valence-electron chi connectivity index (χ4n) is 2.91. The Morgan fingerprint density at radius 2 is 1.47 bits per heavy atom. The van der Waals surface area contributed by atoms with Gasteiger partial charge in [0, 0.05) is 12.1 Å². The van der Waals surface area contributed by atoms with Crippen LogP contribution in [0.1, 0.15) is 33.2 Å². The van der Waals surface area contributed by atoms with Crippen molar-refractivity contribution in [1.29, 1.82) is 0 Å². The number of nitrogens with one attached hydrogen (secondary N) is 1. The van der Waals surface area contributed by atoms with E-state index < -0.39 is 27.0 Å². The third-order valence-electron chi connectivity index (χ3n) is 4.80. The summed E-state index contributed by atoms with van der Waals surface area (Å²) in [5.74, 6) is -0.722. The van der Waals surface area contributed by atoms with E-state index in [2.05, 4.69) is 4.72 Å². The Hall–Kier alpha value is -3.56. The number of rotatable bonds is 8. The maximum Gasteiger partial charge on any atom is 0.338 e. The van der Waals surface area contributed by atoms with E-state index >= 15 is 0 Å². The molecule has 9 heteroatoms. The first-order valence-corrected chi connectivity index (χ1v) is 11.2. The molecule has 0 bridgehead atoms. The maximum atomic E-state index is 12.7. The zero-order valence-corrected chi connectivity index (χ0v) is 18.3. The molecular formula is C23H22N2O6S. The summed E-state index contributed by atoms with van der Waals surface area (Å²) < 4.78 is 33.4. The van der Waals surface area contributed by atoms with Crippen molar-refractivity contribution >= 4 is 21.7 Å². The molecule has 0 aliphatic rings. The summed E-state index contributed by atoms with van der Waals surface area (Å²) in [6.45, 7) is 3.58. The summed E-state index contributed by atoms with van der Waals surface area (Å²) in [5, 5.41) is 10.8. The Morgan fingerprint density at radius 1 is 0.938 bits per heavy atom. The van der Waals surface area contributed by atoms with E-state index in [1.807, 2.05) is 26.0 Å². The number of carbonyl (C=O) groups excluding carboxylic acids is 1. The second-order valence-electron chi connectivity index (χ2n) is 7.27. The Morgan fingerprint density at radius 3 is 2.00 bits per heavy atom. The zero-order valence-electron chi connectivity index (χ0n) is 17.5. The van der Waals surface area contributed by atoms with E-state index in [1.165, 1.54) is 36.4 Å². The van der Waals surface area contributed by atoms with Crippen LogP contribution in [0.4, 0.5) is 5.69 Å². The van der Waals surface area contributed by atoms with Crippen LogP contribution in [0.25, 0.3) is 0 Å². The maximum absolute atomic E-state index is 12.7. The minimum atomic E-state index is -3.82. The summed E-state index contributed by atoms with van der Waals surface area (Å²) in [6, 6.07) is 18.6. The predicted octanol–water partition coefficient (Wildman–Crippen LogP) is 4.09. The van der Waals surface area contributed by atoms with Gasteiger partial charge in [0.25, 0.3) is 5.69 Å². The van der Waals surface area contributed by atoms with Crippen LogP contribution in [-0.4, -0.2) is 25.9 Å². The van der Waals surface area contributed by atoms with Gasteiger partial charge < -0.3 is 4.74 Å². The van der Waals surface area contributed by atoms with Gasteiger partial charge in [-0.15, -0.1) is 0 Å². The molecular weight excluding hydrogens is 432 g/mol. The third-order valence-corrected chi connectivity index (χ3v) is 6.24. The first-order valence-electron chi connectivity index (χ1n) is 9.74. The number of non-ortho nitro benzene ring substituents is 1. The lowest BCUT2D eigenvalue weighted by Gasteiger charge is -2.19. The second kappa shape index (κ2) is 9.71. The van der Waals surface area contributed by atoms with Crippen molar-refractivity contribution in [2.24, 2.45) is 0 Å². The van der Waals surface area contributed by atoms with E-state index in [-0.39, 0.29) is 22.7 Å². The number of esters is 1. The van der Waals surface area contributed by atoms with Crippen molar-refractivity contribution in [2.45, 2.75) is 24.8 Å². The van der Waals surface area contributed by atoms with E-state index in [0.29, 0.717) is 5.56 Å². The van der Waals surface area contributed by atoms with Crippen LogP contribution < -0.4 is 4.72 Å². The van der Waals surface area contributed by atoms with Crippen molar-refractivity contribution < 1.29 is 22.9 Å². The van der Waals surface area contributed by atoms with E-state index in [9.17, 15) is 23.3 Å². The van der Waals surface area contributed by atoms with Crippen LogP contribution in [0.2, 0.25) is 0 Å².